The Bertz CT molecular complexity index is 710. The van der Waals surface area contributed by atoms with Crippen molar-refractivity contribution in [2.45, 2.75) is 38.7 Å². The summed E-state index contributed by atoms with van der Waals surface area (Å²) in [5.41, 5.74) is 6.14. The molecular weight excluding hydrogens is 281 g/mol. The van der Waals surface area contributed by atoms with Crippen LogP contribution in [0.1, 0.15) is 31.7 Å². The van der Waals surface area contributed by atoms with Crippen molar-refractivity contribution in [1.82, 2.24) is 0 Å². The van der Waals surface area contributed by atoms with E-state index in [4.69, 9.17) is 10.5 Å². The number of ether oxygens (including phenoxy) is 1. The number of carbonyl (C=O) groups excluding carboxylic acids is 1. The fourth-order valence-corrected chi connectivity index (χ4v) is 2.79. The van der Waals surface area contributed by atoms with Gasteiger partial charge in [0.15, 0.2) is 0 Å². The second-order valence-electron chi connectivity index (χ2n) is 6.24. The molecule has 1 aliphatic rings. The topological polar surface area (TPSA) is 52.3 Å². The Balaban J connectivity index is 1.92. The first kappa shape index (κ1) is 14.8. The van der Waals surface area contributed by atoms with Gasteiger partial charge < -0.3 is 10.5 Å². The molecule has 2 aromatic carbocycles. The average Bonchev–Trinajstić information content (AvgIpc) is 3.22. The van der Waals surface area contributed by atoms with Crippen molar-refractivity contribution in [2.24, 2.45) is 11.7 Å². The zero-order valence-corrected chi connectivity index (χ0v) is 12.6. The normalized spacial score (nSPS) is 15.7. The highest BCUT2D eigenvalue weighted by Gasteiger charge is 2.23. The largest absolute Gasteiger partial charge is 0.490 e. The molecule has 1 unspecified atom stereocenters. The summed E-state index contributed by atoms with van der Waals surface area (Å²) in [5, 5.41) is 1.83. The Morgan fingerprint density at radius 3 is 2.82 bits per heavy atom. The van der Waals surface area contributed by atoms with Gasteiger partial charge in [0.25, 0.3) is 0 Å². The number of hydrogen-bond acceptors (Lipinski definition) is 2. The summed E-state index contributed by atoms with van der Waals surface area (Å²) in [6.07, 6.45) is 3.45. The van der Waals surface area contributed by atoms with Gasteiger partial charge in [-0.25, -0.2) is 4.39 Å². The summed E-state index contributed by atoms with van der Waals surface area (Å²) >= 11 is 0. The predicted octanol–water partition coefficient (Wildman–Crippen LogP) is 3.57. The minimum atomic E-state index is -0.328. The molecule has 0 aromatic heterocycles. The number of carbonyl (C=O) groups is 1. The molecule has 22 heavy (non-hydrogen) atoms. The van der Waals surface area contributed by atoms with E-state index >= 15 is 0 Å². The van der Waals surface area contributed by atoms with Gasteiger partial charge in [0.05, 0.1) is 6.10 Å². The van der Waals surface area contributed by atoms with E-state index in [1.165, 1.54) is 6.07 Å². The molecule has 1 amide bonds. The average molecular weight is 301 g/mol. The summed E-state index contributed by atoms with van der Waals surface area (Å²) in [7, 11) is 0. The third-order valence-electron chi connectivity index (χ3n) is 3.92. The third-order valence-corrected chi connectivity index (χ3v) is 3.92. The van der Waals surface area contributed by atoms with Gasteiger partial charge in [0.2, 0.25) is 5.91 Å². The zero-order valence-electron chi connectivity index (χ0n) is 12.6. The van der Waals surface area contributed by atoms with Crippen molar-refractivity contribution >= 4 is 16.7 Å². The van der Waals surface area contributed by atoms with Crippen molar-refractivity contribution in [3.05, 3.63) is 41.7 Å². The predicted molar refractivity (Wildman–Crippen MR) is 84.2 cm³/mol. The van der Waals surface area contributed by atoms with Gasteiger partial charge in [0, 0.05) is 6.42 Å². The molecule has 3 nitrogen and oxygen atoms in total. The fourth-order valence-electron chi connectivity index (χ4n) is 2.79. The van der Waals surface area contributed by atoms with Crippen LogP contribution in [-0.4, -0.2) is 12.0 Å². The molecule has 1 fully saturated rings. The second kappa shape index (κ2) is 5.95. The summed E-state index contributed by atoms with van der Waals surface area (Å²) in [4.78, 5) is 11.0. The summed E-state index contributed by atoms with van der Waals surface area (Å²) in [6.45, 7) is 1.95. The van der Waals surface area contributed by atoms with E-state index in [0.29, 0.717) is 18.9 Å². The molecule has 3 rings (SSSR count). The standard InChI is InChI=1S/C18H20FNO2/c1-11(7-18(20)21)6-13-9-14(19)8-12-2-3-16(10-17(12)13)22-15-4-5-15/h2-3,8-11,15H,4-7H2,1H3,(H2,20,21). The van der Waals surface area contributed by atoms with Crippen LogP contribution in [0, 0.1) is 11.7 Å². The minimum Gasteiger partial charge on any atom is -0.490 e. The van der Waals surface area contributed by atoms with Crippen molar-refractivity contribution in [3.8, 4) is 5.75 Å². The first-order valence-corrected chi connectivity index (χ1v) is 7.68. The monoisotopic (exact) mass is 301 g/mol. The molecule has 0 saturated heterocycles. The van der Waals surface area contributed by atoms with Crippen LogP contribution in [0.4, 0.5) is 4.39 Å². The van der Waals surface area contributed by atoms with Gasteiger partial charge in [-0.1, -0.05) is 13.0 Å². The molecule has 0 radical (unpaired) electrons. The van der Waals surface area contributed by atoms with Crippen LogP contribution in [0.5, 0.6) is 5.75 Å². The van der Waals surface area contributed by atoms with Crippen LogP contribution < -0.4 is 10.5 Å². The highest BCUT2D eigenvalue weighted by atomic mass is 19.1. The highest BCUT2D eigenvalue weighted by molar-refractivity contribution is 5.87. The van der Waals surface area contributed by atoms with Crippen LogP contribution in [0.2, 0.25) is 0 Å². The van der Waals surface area contributed by atoms with E-state index in [1.54, 1.807) is 6.07 Å². The molecule has 2 N–H and O–H groups in total. The Kier molecular flexibility index (Phi) is 4.01. The number of fused-ring (bicyclic) bond motifs is 1. The molecule has 1 atom stereocenters. The van der Waals surface area contributed by atoms with Crippen LogP contribution in [-0.2, 0) is 11.2 Å². The summed E-state index contributed by atoms with van der Waals surface area (Å²) in [6, 6.07) is 8.81. The Labute approximate surface area is 129 Å². The van der Waals surface area contributed by atoms with Crippen molar-refractivity contribution in [2.75, 3.05) is 0 Å². The van der Waals surface area contributed by atoms with Crippen molar-refractivity contribution in [3.63, 3.8) is 0 Å². The first-order chi connectivity index (χ1) is 10.5. The van der Waals surface area contributed by atoms with E-state index in [1.807, 2.05) is 25.1 Å². The van der Waals surface area contributed by atoms with Crippen molar-refractivity contribution in [1.29, 1.82) is 0 Å². The van der Waals surface area contributed by atoms with E-state index in [2.05, 4.69) is 0 Å². The van der Waals surface area contributed by atoms with E-state index < -0.39 is 0 Å². The van der Waals surface area contributed by atoms with Gasteiger partial charge in [0.1, 0.15) is 11.6 Å². The van der Waals surface area contributed by atoms with E-state index in [-0.39, 0.29) is 17.6 Å². The fraction of sp³-hybridized carbons (Fsp3) is 0.389. The molecular formula is C18H20FNO2. The quantitative estimate of drug-likeness (QED) is 0.886. The SMILES string of the molecule is CC(CC(N)=O)Cc1cc(F)cc2ccc(OC3CC3)cc12. The smallest absolute Gasteiger partial charge is 0.217 e. The van der Waals surface area contributed by atoms with Crippen molar-refractivity contribution < 1.29 is 13.9 Å². The molecule has 0 bridgehead atoms. The third kappa shape index (κ3) is 3.56. The van der Waals surface area contributed by atoms with E-state index in [0.717, 1.165) is 34.9 Å². The van der Waals surface area contributed by atoms with Crippen LogP contribution in [0.15, 0.2) is 30.3 Å². The maximum atomic E-state index is 13.8. The molecule has 4 heteroatoms. The lowest BCUT2D eigenvalue weighted by atomic mass is 9.93. The maximum absolute atomic E-state index is 13.8. The van der Waals surface area contributed by atoms with E-state index in [9.17, 15) is 9.18 Å². The number of hydrogen-bond donors (Lipinski definition) is 1. The zero-order chi connectivity index (χ0) is 15.7. The number of amides is 1. The van der Waals surface area contributed by atoms with Gasteiger partial charge in [-0.3, -0.25) is 4.79 Å². The summed E-state index contributed by atoms with van der Waals surface area (Å²) < 4.78 is 19.6. The number of nitrogens with two attached hydrogens (primary N) is 1. The van der Waals surface area contributed by atoms with Gasteiger partial charge in [-0.2, -0.15) is 0 Å². The highest BCUT2D eigenvalue weighted by Crippen LogP contribution is 2.31. The summed E-state index contributed by atoms with van der Waals surface area (Å²) in [5.74, 6) is 0.316. The Hall–Kier alpha value is -2.10. The lowest BCUT2D eigenvalue weighted by Crippen LogP contribution is -2.16. The minimum absolute atomic E-state index is 0.0792. The number of rotatable bonds is 6. The lowest BCUT2D eigenvalue weighted by Gasteiger charge is -2.13. The van der Waals surface area contributed by atoms with Crippen LogP contribution >= 0.6 is 0 Å². The molecule has 1 aliphatic carbocycles. The molecule has 0 aliphatic heterocycles. The van der Waals surface area contributed by atoms with Crippen LogP contribution in [0.3, 0.4) is 0 Å². The first-order valence-electron chi connectivity index (χ1n) is 7.68. The number of halogens is 1. The van der Waals surface area contributed by atoms with Gasteiger partial charge in [-0.05, 0) is 65.8 Å². The van der Waals surface area contributed by atoms with Gasteiger partial charge in [-0.15, -0.1) is 0 Å². The van der Waals surface area contributed by atoms with Gasteiger partial charge >= 0.3 is 0 Å². The number of primary amides is 1. The molecule has 2 aromatic rings. The lowest BCUT2D eigenvalue weighted by molar-refractivity contribution is -0.118. The molecule has 1 saturated carbocycles. The Morgan fingerprint density at radius 2 is 2.14 bits per heavy atom. The molecule has 0 spiro atoms. The second-order valence-corrected chi connectivity index (χ2v) is 6.24. The molecule has 0 heterocycles. The maximum Gasteiger partial charge on any atom is 0.217 e. The number of benzene rings is 2. The van der Waals surface area contributed by atoms with Crippen LogP contribution in [0.25, 0.3) is 10.8 Å². The Morgan fingerprint density at radius 1 is 1.36 bits per heavy atom. The molecule has 116 valence electrons.